The zero-order chi connectivity index (χ0) is 16.3. The highest BCUT2D eigenvalue weighted by molar-refractivity contribution is 9.10. The van der Waals surface area contributed by atoms with E-state index >= 15 is 0 Å². The third kappa shape index (κ3) is 3.31. The molecule has 2 amide bonds. The van der Waals surface area contributed by atoms with Gasteiger partial charge in [0.05, 0.1) is 4.92 Å². The van der Waals surface area contributed by atoms with Gasteiger partial charge in [-0.15, -0.1) is 0 Å². The maximum atomic E-state index is 11.9. The van der Waals surface area contributed by atoms with E-state index in [2.05, 4.69) is 26.8 Å². The monoisotopic (exact) mass is 366 g/mol. The molecule has 9 heteroatoms. The van der Waals surface area contributed by atoms with Crippen molar-refractivity contribution < 1.29 is 14.5 Å². The predicted molar refractivity (Wildman–Crippen MR) is 81.1 cm³/mol. The molecule has 2 rings (SSSR count). The average molecular weight is 367 g/mol. The van der Waals surface area contributed by atoms with Crippen LogP contribution in [-0.4, -0.2) is 21.3 Å². The molecule has 1 aromatic heterocycles. The molecule has 2 N–H and O–H groups in total. The van der Waals surface area contributed by atoms with Crippen LogP contribution in [0.1, 0.15) is 20.8 Å². The summed E-state index contributed by atoms with van der Waals surface area (Å²) >= 11 is 3.23. The topological polar surface area (TPSA) is 106 Å². The molecule has 0 radical (unpaired) electrons. The summed E-state index contributed by atoms with van der Waals surface area (Å²) in [5.74, 6) is -1.31. The van der Waals surface area contributed by atoms with E-state index in [1.54, 1.807) is 23.9 Å². The van der Waals surface area contributed by atoms with Gasteiger partial charge in [-0.05, 0) is 28.1 Å². The number of hydrogen-bond acceptors (Lipinski definition) is 4. The molecular formula is C13H11BrN4O4. The number of nitrogens with zero attached hydrogens (tertiary/aromatic N) is 2. The van der Waals surface area contributed by atoms with Gasteiger partial charge in [0.15, 0.2) is 0 Å². The van der Waals surface area contributed by atoms with E-state index in [0.29, 0.717) is 10.2 Å². The highest BCUT2D eigenvalue weighted by Crippen LogP contribution is 2.17. The van der Waals surface area contributed by atoms with Crippen molar-refractivity contribution in [1.82, 2.24) is 15.4 Å². The molecule has 0 bridgehead atoms. The normalized spacial score (nSPS) is 10.1. The number of nitro groups is 1. The SMILES string of the molecule is Cn1cc(Br)cc1C(=O)NNC(=O)c1ccccc1[N+](=O)[O-]. The fourth-order valence-electron chi connectivity index (χ4n) is 1.82. The van der Waals surface area contributed by atoms with Gasteiger partial charge < -0.3 is 4.57 Å². The summed E-state index contributed by atoms with van der Waals surface area (Å²) < 4.78 is 2.28. The molecule has 0 aliphatic carbocycles. The number of hydrogen-bond donors (Lipinski definition) is 2. The Labute approximate surface area is 133 Å². The summed E-state index contributed by atoms with van der Waals surface area (Å²) in [4.78, 5) is 34.1. The number of amides is 2. The average Bonchev–Trinajstić information content (AvgIpc) is 2.83. The van der Waals surface area contributed by atoms with Gasteiger partial charge in [0.25, 0.3) is 17.5 Å². The molecule has 8 nitrogen and oxygen atoms in total. The molecule has 1 heterocycles. The van der Waals surface area contributed by atoms with E-state index in [9.17, 15) is 19.7 Å². The fourth-order valence-corrected chi connectivity index (χ4v) is 2.34. The summed E-state index contributed by atoms with van der Waals surface area (Å²) in [6.45, 7) is 0. The number of hydrazine groups is 1. The van der Waals surface area contributed by atoms with E-state index in [0.717, 1.165) is 0 Å². The van der Waals surface area contributed by atoms with E-state index in [-0.39, 0.29) is 11.3 Å². The van der Waals surface area contributed by atoms with Crippen molar-refractivity contribution in [3.63, 3.8) is 0 Å². The van der Waals surface area contributed by atoms with Crippen LogP contribution in [0.25, 0.3) is 0 Å². The minimum absolute atomic E-state index is 0.138. The molecule has 0 fully saturated rings. The lowest BCUT2D eigenvalue weighted by Gasteiger charge is -2.08. The Morgan fingerprint density at radius 1 is 1.23 bits per heavy atom. The van der Waals surface area contributed by atoms with Gasteiger partial charge in [-0.3, -0.25) is 30.6 Å². The van der Waals surface area contributed by atoms with Gasteiger partial charge in [0, 0.05) is 23.8 Å². The molecule has 2 aromatic rings. The van der Waals surface area contributed by atoms with Crippen LogP contribution in [0.4, 0.5) is 5.69 Å². The highest BCUT2D eigenvalue weighted by atomic mass is 79.9. The quantitative estimate of drug-likeness (QED) is 0.637. The largest absolute Gasteiger partial charge is 0.345 e. The maximum absolute atomic E-state index is 11.9. The van der Waals surface area contributed by atoms with Crippen LogP contribution in [0.15, 0.2) is 41.0 Å². The number of rotatable bonds is 3. The lowest BCUT2D eigenvalue weighted by atomic mass is 10.2. The number of nitrogens with one attached hydrogen (secondary N) is 2. The zero-order valence-corrected chi connectivity index (χ0v) is 13.0. The number of carbonyl (C=O) groups is 2. The van der Waals surface area contributed by atoms with E-state index in [1.807, 2.05) is 0 Å². The van der Waals surface area contributed by atoms with Crippen molar-refractivity contribution in [2.45, 2.75) is 0 Å². The lowest BCUT2D eigenvalue weighted by molar-refractivity contribution is -0.385. The summed E-state index contributed by atoms with van der Waals surface area (Å²) in [5.41, 5.74) is 4.21. The van der Waals surface area contributed by atoms with Gasteiger partial charge in [0.1, 0.15) is 11.3 Å². The molecular weight excluding hydrogens is 356 g/mol. The van der Waals surface area contributed by atoms with Crippen LogP contribution in [0.3, 0.4) is 0 Å². The first-order valence-electron chi connectivity index (χ1n) is 6.06. The number of aromatic nitrogens is 1. The Morgan fingerprint density at radius 3 is 2.45 bits per heavy atom. The first-order chi connectivity index (χ1) is 10.4. The Hall–Kier alpha value is -2.68. The van der Waals surface area contributed by atoms with Crippen molar-refractivity contribution in [3.05, 3.63) is 62.4 Å². The molecule has 0 aliphatic rings. The second kappa shape index (κ2) is 6.39. The van der Waals surface area contributed by atoms with Crippen molar-refractivity contribution in [1.29, 1.82) is 0 Å². The van der Waals surface area contributed by atoms with E-state index < -0.39 is 16.7 Å². The van der Waals surface area contributed by atoms with Crippen molar-refractivity contribution >= 4 is 33.4 Å². The van der Waals surface area contributed by atoms with Gasteiger partial charge in [-0.25, -0.2) is 0 Å². The van der Waals surface area contributed by atoms with E-state index in [1.165, 1.54) is 24.3 Å². The summed E-state index contributed by atoms with van der Waals surface area (Å²) in [5, 5.41) is 10.9. The highest BCUT2D eigenvalue weighted by Gasteiger charge is 2.20. The summed E-state index contributed by atoms with van der Waals surface area (Å²) in [7, 11) is 1.67. The molecule has 0 saturated carbocycles. The molecule has 1 aromatic carbocycles. The van der Waals surface area contributed by atoms with Gasteiger partial charge in [-0.1, -0.05) is 12.1 Å². The standard InChI is InChI=1S/C13H11BrN4O4/c1-17-7-8(14)6-11(17)13(20)16-15-12(19)9-4-2-3-5-10(9)18(21)22/h2-7H,1H3,(H,15,19)(H,16,20). The zero-order valence-electron chi connectivity index (χ0n) is 11.4. The molecule has 0 saturated heterocycles. The Bertz CT molecular complexity index is 756. The molecule has 0 aliphatic heterocycles. The predicted octanol–water partition coefficient (Wildman–Crippen LogP) is 1.77. The van der Waals surface area contributed by atoms with Crippen LogP contribution in [0.2, 0.25) is 0 Å². The Morgan fingerprint density at radius 2 is 1.86 bits per heavy atom. The van der Waals surface area contributed by atoms with E-state index in [4.69, 9.17) is 0 Å². The maximum Gasteiger partial charge on any atom is 0.286 e. The minimum atomic E-state index is -0.770. The van der Waals surface area contributed by atoms with Crippen molar-refractivity contribution in [2.24, 2.45) is 7.05 Å². The third-order valence-electron chi connectivity index (χ3n) is 2.84. The van der Waals surface area contributed by atoms with Crippen LogP contribution >= 0.6 is 15.9 Å². The second-order valence-electron chi connectivity index (χ2n) is 4.34. The van der Waals surface area contributed by atoms with Gasteiger partial charge in [0.2, 0.25) is 0 Å². The number of benzene rings is 1. The smallest absolute Gasteiger partial charge is 0.286 e. The fraction of sp³-hybridized carbons (Fsp3) is 0.0769. The van der Waals surface area contributed by atoms with Crippen LogP contribution in [0.5, 0.6) is 0 Å². The number of nitro benzene ring substituents is 1. The summed E-state index contributed by atoms with van der Waals surface area (Å²) in [6.07, 6.45) is 1.68. The van der Waals surface area contributed by atoms with Crippen molar-refractivity contribution in [2.75, 3.05) is 0 Å². The number of carbonyl (C=O) groups excluding carboxylic acids is 2. The minimum Gasteiger partial charge on any atom is -0.345 e. The molecule has 114 valence electrons. The Kier molecular flexibility index (Phi) is 4.56. The second-order valence-corrected chi connectivity index (χ2v) is 5.25. The number of halogens is 1. The van der Waals surface area contributed by atoms with Crippen LogP contribution < -0.4 is 10.9 Å². The van der Waals surface area contributed by atoms with Gasteiger partial charge >= 0.3 is 0 Å². The van der Waals surface area contributed by atoms with Crippen molar-refractivity contribution in [3.8, 4) is 0 Å². The first kappa shape index (κ1) is 15.7. The number of aryl methyl sites for hydroxylation is 1. The number of para-hydroxylation sites is 1. The van der Waals surface area contributed by atoms with Crippen LogP contribution in [-0.2, 0) is 7.05 Å². The van der Waals surface area contributed by atoms with Gasteiger partial charge in [-0.2, -0.15) is 0 Å². The van der Waals surface area contributed by atoms with Crippen LogP contribution in [0, 0.1) is 10.1 Å². The molecule has 0 unspecified atom stereocenters. The first-order valence-corrected chi connectivity index (χ1v) is 6.85. The summed E-state index contributed by atoms with van der Waals surface area (Å²) in [6, 6.07) is 7.04. The molecule has 22 heavy (non-hydrogen) atoms. The third-order valence-corrected chi connectivity index (χ3v) is 3.27. The molecule has 0 atom stereocenters. The molecule has 0 spiro atoms. The lowest BCUT2D eigenvalue weighted by Crippen LogP contribution is -2.42. The Balaban J connectivity index is 2.09.